The maximum Gasteiger partial charge on any atom is 0.0469 e. The second-order valence-electron chi connectivity index (χ2n) is 4.16. The molecular formula is C11H17NS. The first-order chi connectivity index (χ1) is 6.26. The quantitative estimate of drug-likeness (QED) is 0.778. The molecule has 0 aromatic carbocycles. The lowest BCUT2D eigenvalue weighted by Crippen LogP contribution is -2.26. The van der Waals surface area contributed by atoms with Crippen LogP contribution in [-0.2, 0) is 0 Å². The minimum Gasteiger partial charge on any atom is -0.309 e. The molecule has 1 unspecified atom stereocenters. The minimum atomic E-state index is 0.543. The Morgan fingerprint density at radius 3 is 2.85 bits per heavy atom. The van der Waals surface area contributed by atoms with Gasteiger partial charge in [0.25, 0.3) is 0 Å². The van der Waals surface area contributed by atoms with Crippen LogP contribution in [0.15, 0.2) is 17.5 Å². The molecule has 1 N–H and O–H groups in total. The van der Waals surface area contributed by atoms with Gasteiger partial charge in [-0.1, -0.05) is 19.9 Å². The summed E-state index contributed by atoms with van der Waals surface area (Å²) < 4.78 is 0. The summed E-state index contributed by atoms with van der Waals surface area (Å²) in [5.41, 5.74) is 0.543. The maximum absolute atomic E-state index is 3.60. The number of thiophene rings is 1. The lowest BCUT2D eigenvalue weighted by molar-refractivity contribution is 0.379. The predicted octanol–water partition coefficient (Wildman–Crippen LogP) is 3.20. The normalized spacial score (nSPS) is 21.4. The van der Waals surface area contributed by atoms with Crippen LogP contribution in [0.3, 0.4) is 0 Å². The van der Waals surface area contributed by atoms with Gasteiger partial charge in [0.1, 0.15) is 0 Å². The van der Waals surface area contributed by atoms with E-state index in [1.807, 2.05) is 11.3 Å². The molecule has 0 saturated heterocycles. The summed E-state index contributed by atoms with van der Waals surface area (Å²) >= 11 is 1.88. The Kier molecular flexibility index (Phi) is 2.43. The molecule has 0 bridgehead atoms. The highest BCUT2D eigenvalue weighted by Crippen LogP contribution is 2.55. The Labute approximate surface area is 84.2 Å². The molecule has 1 aromatic heterocycles. The van der Waals surface area contributed by atoms with E-state index >= 15 is 0 Å². The van der Waals surface area contributed by atoms with E-state index in [2.05, 4.69) is 36.7 Å². The third-order valence-corrected chi connectivity index (χ3v) is 3.91. The average molecular weight is 195 g/mol. The second-order valence-corrected chi connectivity index (χ2v) is 5.14. The summed E-state index contributed by atoms with van der Waals surface area (Å²) in [5, 5.41) is 5.77. The zero-order chi connectivity index (χ0) is 9.31. The molecule has 1 aromatic rings. The van der Waals surface area contributed by atoms with Gasteiger partial charge in [-0.2, -0.15) is 0 Å². The van der Waals surface area contributed by atoms with Crippen LogP contribution < -0.4 is 5.32 Å². The van der Waals surface area contributed by atoms with Gasteiger partial charge in [0.15, 0.2) is 0 Å². The smallest absolute Gasteiger partial charge is 0.0469 e. The van der Waals surface area contributed by atoms with Crippen molar-refractivity contribution < 1.29 is 0 Å². The number of rotatable bonds is 4. The van der Waals surface area contributed by atoms with Crippen molar-refractivity contribution in [2.45, 2.75) is 32.7 Å². The zero-order valence-electron chi connectivity index (χ0n) is 8.34. The minimum absolute atomic E-state index is 0.543. The van der Waals surface area contributed by atoms with Crippen molar-refractivity contribution in [1.29, 1.82) is 0 Å². The topological polar surface area (TPSA) is 12.0 Å². The zero-order valence-corrected chi connectivity index (χ0v) is 9.16. The van der Waals surface area contributed by atoms with Crippen LogP contribution >= 0.6 is 11.3 Å². The molecule has 1 saturated carbocycles. The Balaban J connectivity index is 2.14. The maximum atomic E-state index is 3.60. The van der Waals surface area contributed by atoms with Gasteiger partial charge in [-0.3, -0.25) is 0 Å². The Morgan fingerprint density at radius 1 is 1.62 bits per heavy atom. The van der Waals surface area contributed by atoms with E-state index in [0.29, 0.717) is 11.5 Å². The molecule has 13 heavy (non-hydrogen) atoms. The molecule has 2 heteroatoms. The molecule has 0 aliphatic heterocycles. The molecule has 1 fully saturated rings. The summed E-state index contributed by atoms with van der Waals surface area (Å²) in [6.45, 7) is 5.64. The predicted molar refractivity (Wildman–Crippen MR) is 58.1 cm³/mol. The van der Waals surface area contributed by atoms with Gasteiger partial charge in [0.2, 0.25) is 0 Å². The van der Waals surface area contributed by atoms with Crippen molar-refractivity contribution >= 4 is 11.3 Å². The van der Waals surface area contributed by atoms with Crippen LogP contribution in [0.2, 0.25) is 0 Å². The van der Waals surface area contributed by atoms with E-state index in [-0.39, 0.29) is 0 Å². The van der Waals surface area contributed by atoms with Crippen LogP contribution in [0.4, 0.5) is 0 Å². The van der Waals surface area contributed by atoms with Gasteiger partial charge >= 0.3 is 0 Å². The van der Waals surface area contributed by atoms with Crippen molar-refractivity contribution in [3.63, 3.8) is 0 Å². The first kappa shape index (κ1) is 9.22. The van der Waals surface area contributed by atoms with Crippen molar-refractivity contribution in [2.24, 2.45) is 5.41 Å². The van der Waals surface area contributed by atoms with E-state index < -0.39 is 0 Å². The second kappa shape index (κ2) is 3.43. The Bertz CT molecular complexity index is 262. The third kappa shape index (κ3) is 1.79. The van der Waals surface area contributed by atoms with E-state index in [0.717, 1.165) is 6.54 Å². The van der Waals surface area contributed by atoms with Gasteiger partial charge in [-0.25, -0.2) is 0 Å². The molecule has 0 spiro atoms. The first-order valence-electron chi connectivity index (χ1n) is 5.03. The van der Waals surface area contributed by atoms with Crippen LogP contribution in [0.1, 0.15) is 37.6 Å². The summed E-state index contributed by atoms with van der Waals surface area (Å²) in [5.74, 6) is 0. The summed E-state index contributed by atoms with van der Waals surface area (Å²) in [4.78, 5) is 1.50. The molecule has 1 atom stereocenters. The standard InChI is InChI=1S/C11H17NS/c1-3-12-10(11(2)6-7-11)9-5-4-8-13-9/h4-5,8,10,12H,3,6-7H2,1-2H3. The SMILES string of the molecule is CCNC(c1cccs1)C1(C)CC1. The molecule has 1 nitrogen and oxygen atoms in total. The van der Waals surface area contributed by atoms with Gasteiger partial charge in [-0.05, 0) is 36.2 Å². The van der Waals surface area contributed by atoms with Crippen molar-refractivity contribution in [3.05, 3.63) is 22.4 Å². The molecule has 1 aliphatic carbocycles. The first-order valence-corrected chi connectivity index (χ1v) is 5.91. The van der Waals surface area contributed by atoms with E-state index in [4.69, 9.17) is 0 Å². The van der Waals surface area contributed by atoms with Gasteiger partial charge in [-0.15, -0.1) is 11.3 Å². The molecule has 72 valence electrons. The highest BCUT2D eigenvalue weighted by atomic mass is 32.1. The summed E-state index contributed by atoms with van der Waals surface area (Å²) in [6, 6.07) is 5.00. The lowest BCUT2D eigenvalue weighted by Gasteiger charge is -2.23. The van der Waals surface area contributed by atoms with Crippen LogP contribution in [0.5, 0.6) is 0 Å². The van der Waals surface area contributed by atoms with Crippen molar-refractivity contribution in [2.75, 3.05) is 6.54 Å². The fourth-order valence-electron chi connectivity index (χ4n) is 1.84. The number of hydrogen-bond acceptors (Lipinski definition) is 2. The molecule has 2 rings (SSSR count). The Hall–Kier alpha value is -0.340. The summed E-state index contributed by atoms with van der Waals surface area (Å²) in [7, 11) is 0. The van der Waals surface area contributed by atoms with Crippen molar-refractivity contribution in [1.82, 2.24) is 5.32 Å². The van der Waals surface area contributed by atoms with E-state index in [9.17, 15) is 0 Å². The number of hydrogen-bond donors (Lipinski definition) is 1. The van der Waals surface area contributed by atoms with E-state index in [1.54, 1.807) is 0 Å². The van der Waals surface area contributed by atoms with Gasteiger partial charge in [0, 0.05) is 10.9 Å². The largest absolute Gasteiger partial charge is 0.309 e. The van der Waals surface area contributed by atoms with Crippen LogP contribution in [0, 0.1) is 5.41 Å². The fraction of sp³-hybridized carbons (Fsp3) is 0.636. The highest BCUT2D eigenvalue weighted by Gasteiger charge is 2.45. The fourth-order valence-corrected chi connectivity index (χ4v) is 2.81. The van der Waals surface area contributed by atoms with Gasteiger partial charge in [0.05, 0.1) is 0 Å². The molecular weight excluding hydrogens is 178 g/mol. The highest BCUT2D eigenvalue weighted by molar-refractivity contribution is 7.10. The Morgan fingerprint density at radius 2 is 2.38 bits per heavy atom. The molecule has 0 radical (unpaired) electrons. The third-order valence-electron chi connectivity index (χ3n) is 2.97. The monoisotopic (exact) mass is 195 g/mol. The molecule has 0 amide bonds. The summed E-state index contributed by atoms with van der Waals surface area (Å²) in [6.07, 6.45) is 2.76. The molecule has 1 aliphatic rings. The lowest BCUT2D eigenvalue weighted by atomic mass is 9.97. The van der Waals surface area contributed by atoms with Gasteiger partial charge < -0.3 is 5.32 Å². The van der Waals surface area contributed by atoms with E-state index in [1.165, 1.54) is 17.7 Å². The number of nitrogens with one attached hydrogen (secondary N) is 1. The van der Waals surface area contributed by atoms with Crippen molar-refractivity contribution in [3.8, 4) is 0 Å². The molecule has 1 heterocycles. The van der Waals surface area contributed by atoms with Crippen LogP contribution in [0.25, 0.3) is 0 Å². The van der Waals surface area contributed by atoms with Crippen LogP contribution in [-0.4, -0.2) is 6.54 Å². The average Bonchev–Trinajstić information content (AvgIpc) is 2.70.